The molecule has 2 saturated heterocycles. The lowest BCUT2D eigenvalue weighted by Crippen LogP contribution is -2.30. The molecule has 0 aliphatic carbocycles. The fourth-order valence-corrected chi connectivity index (χ4v) is 3.04. The topological polar surface area (TPSA) is 34.3 Å². The number of epoxide rings is 2. The molecular weight excluding hydrogens is 276 g/mol. The molecule has 0 saturated carbocycles. The molecule has 3 nitrogen and oxygen atoms in total. The van der Waals surface area contributed by atoms with Gasteiger partial charge in [-0.3, -0.25) is 0 Å². The molecule has 2 heterocycles. The lowest BCUT2D eigenvalue weighted by atomic mass is 9.81. The van der Waals surface area contributed by atoms with Crippen LogP contribution >= 0.6 is 0 Å². The van der Waals surface area contributed by atoms with Crippen LogP contribution in [-0.2, 0) is 14.2 Å². The van der Waals surface area contributed by atoms with Crippen LogP contribution < -0.4 is 0 Å². The molecule has 2 aliphatic heterocycles. The van der Waals surface area contributed by atoms with Gasteiger partial charge in [-0.2, -0.15) is 0 Å². The minimum Gasteiger partial charge on any atom is -0.376 e. The third-order valence-corrected chi connectivity index (χ3v) is 4.36. The van der Waals surface area contributed by atoms with Crippen LogP contribution in [0, 0.1) is 0 Å². The van der Waals surface area contributed by atoms with Gasteiger partial charge in [-0.25, -0.2) is 0 Å². The molecule has 2 aromatic carbocycles. The summed E-state index contributed by atoms with van der Waals surface area (Å²) >= 11 is 0. The second-order valence-corrected chi connectivity index (χ2v) is 6.08. The van der Waals surface area contributed by atoms with Crippen LogP contribution in [0.4, 0.5) is 0 Å². The number of hydrogen-bond donors (Lipinski definition) is 0. The molecule has 4 rings (SSSR count). The first-order valence-electron chi connectivity index (χ1n) is 7.81. The third-order valence-electron chi connectivity index (χ3n) is 4.36. The fraction of sp³-hybridized carbons (Fsp3) is 0.368. The van der Waals surface area contributed by atoms with Crippen molar-refractivity contribution in [2.45, 2.75) is 17.6 Å². The standard InChI is InChI=1S/C19H20O3/c1-3-7-15(8-4-1)18(16-9-5-2-6-10-16)19(14-22-19)13-20-11-17-12-21-17/h1-10,17-18H,11-14H2. The maximum Gasteiger partial charge on any atom is 0.126 e. The van der Waals surface area contributed by atoms with E-state index < -0.39 is 0 Å². The van der Waals surface area contributed by atoms with Crippen molar-refractivity contribution in [1.82, 2.24) is 0 Å². The van der Waals surface area contributed by atoms with Crippen molar-refractivity contribution in [2.75, 3.05) is 26.4 Å². The zero-order chi connectivity index (χ0) is 14.8. The summed E-state index contributed by atoms with van der Waals surface area (Å²) in [6.45, 7) is 2.85. The van der Waals surface area contributed by atoms with E-state index in [1.807, 2.05) is 12.1 Å². The summed E-state index contributed by atoms with van der Waals surface area (Å²) in [6, 6.07) is 21.1. The van der Waals surface area contributed by atoms with E-state index in [1.54, 1.807) is 0 Å². The van der Waals surface area contributed by atoms with Crippen molar-refractivity contribution in [3.05, 3.63) is 71.8 Å². The Hall–Kier alpha value is -1.68. The van der Waals surface area contributed by atoms with Crippen LogP contribution in [0.5, 0.6) is 0 Å². The van der Waals surface area contributed by atoms with Crippen LogP contribution in [0.25, 0.3) is 0 Å². The van der Waals surface area contributed by atoms with Gasteiger partial charge in [-0.15, -0.1) is 0 Å². The molecule has 22 heavy (non-hydrogen) atoms. The second kappa shape index (κ2) is 5.84. The molecule has 2 fully saturated rings. The quantitative estimate of drug-likeness (QED) is 0.737. The minimum atomic E-state index is -0.238. The molecule has 0 aromatic heterocycles. The van der Waals surface area contributed by atoms with Gasteiger partial charge >= 0.3 is 0 Å². The zero-order valence-electron chi connectivity index (χ0n) is 12.5. The van der Waals surface area contributed by atoms with Crippen molar-refractivity contribution < 1.29 is 14.2 Å². The molecule has 2 unspecified atom stereocenters. The van der Waals surface area contributed by atoms with Crippen molar-refractivity contribution >= 4 is 0 Å². The molecule has 0 N–H and O–H groups in total. The smallest absolute Gasteiger partial charge is 0.126 e. The Morgan fingerprint density at radius 1 is 1.00 bits per heavy atom. The molecule has 3 heteroatoms. The first-order chi connectivity index (χ1) is 10.9. The third kappa shape index (κ3) is 2.93. The first kappa shape index (κ1) is 13.9. The Bertz CT molecular complexity index is 564. The average molecular weight is 296 g/mol. The summed E-state index contributed by atoms with van der Waals surface area (Å²) in [7, 11) is 0. The van der Waals surface area contributed by atoms with E-state index in [0.29, 0.717) is 19.3 Å². The maximum absolute atomic E-state index is 5.90. The monoisotopic (exact) mass is 296 g/mol. The lowest BCUT2D eigenvalue weighted by molar-refractivity contribution is 0.0619. The molecule has 114 valence electrons. The molecule has 2 aromatic rings. The summed E-state index contributed by atoms with van der Waals surface area (Å²) < 4.78 is 17.0. The average Bonchev–Trinajstić information content (AvgIpc) is 3.48. The van der Waals surface area contributed by atoms with E-state index in [-0.39, 0.29) is 11.5 Å². The van der Waals surface area contributed by atoms with E-state index in [0.717, 1.165) is 13.2 Å². The molecule has 0 radical (unpaired) electrons. The van der Waals surface area contributed by atoms with Crippen molar-refractivity contribution in [1.29, 1.82) is 0 Å². The highest BCUT2D eigenvalue weighted by atomic mass is 16.6. The number of hydrogen-bond acceptors (Lipinski definition) is 3. The van der Waals surface area contributed by atoms with E-state index >= 15 is 0 Å². The predicted molar refractivity (Wildman–Crippen MR) is 84.0 cm³/mol. The summed E-state index contributed by atoms with van der Waals surface area (Å²) in [5.41, 5.74) is 2.31. The van der Waals surface area contributed by atoms with Crippen LogP contribution in [0.1, 0.15) is 17.0 Å². The van der Waals surface area contributed by atoms with Crippen LogP contribution in [-0.4, -0.2) is 38.1 Å². The van der Waals surface area contributed by atoms with E-state index in [1.165, 1.54) is 11.1 Å². The number of ether oxygens (including phenoxy) is 3. The highest BCUT2D eigenvalue weighted by molar-refractivity contribution is 5.38. The number of benzene rings is 2. The largest absolute Gasteiger partial charge is 0.376 e. The Morgan fingerprint density at radius 3 is 2.00 bits per heavy atom. The lowest BCUT2D eigenvalue weighted by Gasteiger charge is -2.25. The Labute approximate surface area is 130 Å². The first-order valence-corrected chi connectivity index (χ1v) is 7.81. The SMILES string of the molecule is c1ccc(C(c2ccccc2)C2(COCC3CO3)CO2)cc1. The highest BCUT2D eigenvalue weighted by Gasteiger charge is 2.53. The van der Waals surface area contributed by atoms with Gasteiger partial charge in [0.05, 0.1) is 26.4 Å². The molecule has 2 atom stereocenters. The molecular formula is C19H20O3. The van der Waals surface area contributed by atoms with Crippen LogP contribution in [0.2, 0.25) is 0 Å². The van der Waals surface area contributed by atoms with Gasteiger partial charge in [0.1, 0.15) is 11.7 Å². The fourth-order valence-electron chi connectivity index (χ4n) is 3.04. The molecule has 0 bridgehead atoms. The van der Waals surface area contributed by atoms with Gasteiger partial charge < -0.3 is 14.2 Å². The summed E-state index contributed by atoms with van der Waals surface area (Å²) in [4.78, 5) is 0. The zero-order valence-corrected chi connectivity index (χ0v) is 12.5. The van der Waals surface area contributed by atoms with Gasteiger partial charge in [0.25, 0.3) is 0 Å². The molecule has 2 aliphatic rings. The van der Waals surface area contributed by atoms with E-state index in [9.17, 15) is 0 Å². The van der Waals surface area contributed by atoms with Gasteiger partial charge in [0.2, 0.25) is 0 Å². The van der Waals surface area contributed by atoms with Crippen LogP contribution in [0.15, 0.2) is 60.7 Å². The highest BCUT2D eigenvalue weighted by Crippen LogP contribution is 2.46. The Kier molecular flexibility index (Phi) is 3.70. The van der Waals surface area contributed by atoms with Gasteiger partial charge in [0, 0.05) is 5.92 Å². The van der Waals surface area contributed by atoms with Crippen LogP contribution in [0.3, 0.4) is 0 Å². The predicted octanol–water partition coefficient (Wildman–Crippen LogP) is 3.00. The van der Waals surface area contributed by atoms with E-state index in [4.69, 9.17) is 14.2 Å². The molecule has 0 amide bonds. The van der Waals surface area contributed by atoms with Crippen molar-refractivity contribution in [3.63, 3.8) is 0 Å². The Morgan fingerprint density at radius 2 is 1.55 bits per heavy atom. The normalized spacial score (nSPS) is 26.1. The summed E-state index contributed by atoms with van der Waals surface area (Å²) in [5.74, 6) is 0.204. The maximum atomic E-state index is 5.90. The summed E-state index contributed by atoms with van der Waals surface area (Å²) in [5, 5.41) is 0. The minimum absolute atomic E-state index is 0.204. The van der Waals surface area contributed by atoms with Gasteiger partial charge in [-0.05, 0) is 11.1 Å². The van der Waals surface area contributed by atoms with Gasteiger partial charge in [0.15, 0.2) is 0 Å². The van der Waals surface area contributed by atoms with Crippen molar-refractivity contribution in [2.24, 2.45) is 0 Å². The Balaban J connectivity index is 1.59. The molecule has 0 spiro atoms. The summed E-state index contributed by atoms with van der Waals surface area (Å²) in [6.07, 6.45) is 0.294. The number of rotatable bonds is 7. The van der Waals surface area contributed by atoms with E-state index in [2.05, 4.69) is 48.5 Å². The second-order valence-electron chi connectivity index (χ2n) is 6.08. The van der Waals surface area contributed by atoms with Crippen molar-refractivity contribution in [3.8, 4) is 0 Å². The van der Waals surface area contributed by atoms with Gasteiger partial charge in [-0.1, -0.05) is 60.7 Å².